The molecule has 3 N–H and O–H groups in total. The number of aliphatic hydroxyl groups is 1. The van der Waals surface area contributed by atoms with E-state index in [1.54, 1.807) is 18.5 Å². The number of amides is 2. The maximum atomic E-state index is 13.4. The first-order chi connectivity index (χ1) is 25.2. The Balaban J connectivity index is 1.03. The van der Waals surface area contributed by atoms with Gasteiger partial charge in [0.1, 0.15) is 11.5 Å². The molecule has 4 heterocycles. The number of pyridine rings is 2. The Morgan fingerprint density at radius 2 is 1.62 bits per heavy atom. The number of benzene rings is 2. The molecule has 13 heteroatoms. The first-order valence-corrected chi connectivity index (χ1v) is 18.9. The Labute approximate surface area is 313 Å². The largest absolute Gasteiger partial charge is 0.395 e. The van der Waals surface area contributed by atoms with Crippen molar-refractivity contribution in [3.05, 3.63) is 120 Å². The van der Waals surface area contributed by atoms with Crippen LogP contribution in [0.4, 0.5) is 16.6 Å². The normalized spacial score (nSPS) is 13.6. The number of thiazole rings is 1. The SMILES string of the molecule is CN(C)CC(=O)N1CCC(N(C)c2ccc(Nc3ncc(Sc4ccnc(C(=O)NCC(CO)(c5ccccc5)c5ccccc5)c4)s3)nc2)CC1. The second-order valence-electron chi connectivity index (χ2n) is 13.1. The second kappa shape index (κ2) is 17.1. The number of hydrogen-bond donors (Lipinski definition) is 3. The number of aliphatic hydroxyl groups excluding tert-OH is 1. The van der Waals surface area contributed by atoms with E-state index >= 15 is 0 Å². The van der Waals surface area contributed by atoms with E-state index in [1.165, 1.54) is 23.1 Å². The number of carbonyl (C=O) groups excluding carboxylic acids is 2. The summed E-state index contributed by atoms with van der Waals surface area (Å²) in [5.74, 6) is 0.560. The number of hydrogen-bond acceptors (Lipinski definition) is 11. The standard InChI is InChI=1S/C39H44N8O3S2/c1-45(2)25-35(49)47-20-17-30(18-21-47)46(3)31-14-15-34(41-23-31)44-38-42-24-36(52-38)51-32-16-19-40-33(22-32)37(50)43-26-39(27-48,28-10-6-4-7-11-28)29-12-8-5-9-13-29/h4-16,19,22-24,30,48H,17-18,20-21,25-27H2,1-3H3,(H,43,50)(H,41,42,44). The van der Waals surface area contributed by atoms with Gasteiger partial charge in [-0.15, -0.1) is 0 Å². The minimum atomic E-state index is -0.812. The highest BCUT2D eigenvalue weighted by Gasteiger charge is 2.34. The van der Waals surface area contributed by atoms with Crippen molar-refractivity contribution in [1.82, 2.24) is 30.1 Å². The van der Waals surface area contributed by atoms with Crippen molar-refractivity contribution in [2.75, 3.05) is 64.1 Å². The molecule has 2 amide bonds. The zero-order chi connectivity index (χ0) is 36.5. The molecule has 1 aliphatic rings. The van der Waals surface area contributed by atoms with Crippen LogP contribution in [0.2, 0.25) is 0 Å². The van der Waals surface area contributed by atoms with Crippen LogP contribution < -0.4 is 15.5 Å². The van der Waals surface area contributed by atoms with Crippen molar-refractivity contribution in [3.63, 3.8) is 0 Å². The molecule has 0 spiro atoms. The highest BCUT2D eigenvalue weighted by atomic mass is 32.2. The minimum Gasteiger partial charge on any atom is -0.395 e. The fourth-order valence-electron chi connectivity index (χ4n) is 6.39. The molecule has 0 saturated carbocycles. The van der Waals surface area contributed by atoms with E-state index in [0.717, 1.165) is 51.9 Å². The van der Waals surface area contributed by atoms with Crippen LogP contribution in [0.3, 0.4) is 0 Å². The van der Waals surface area contributed by atoms with Crippen LogP contribution in [0.15, 0.2) is 113 Å². The molecule has 1 saturated heterocycles. The molecule has 2 aromatic carbocycles. The summed E-state index contributed by atoms with van der Waals surface area (Å²) in [6.07, 6.45) is 7.13. The number of nitrogens with zero attached hydrogens (tertiary/aromatic N) is 6. The molecule has 52 heavy (non-hydrogen) atoms. The maximum absolute atomic E-state index is 13.4. The third-order valence-corrected chi connectivity index (χ3v) is 11.4. The lowest BCUT2D eigenvalue weighted by atomic mass is 9.75. The average Bonchev–Trinajstić information content (AvgIpc) is 3.62. The fraction of sp³-hybridized carbons (Fsp3) is 0.308. The van der Waals surface area contributed by atoms with Gasteiger partial charge in [-0.3, -0.25) is 14.6 Å². The van der Waals surface area contributed by atoms with Crippen LogP contribution in [0, 0.1) is 0 Å². The Hall–Kier alpha value is -4.82. The number of anilines is 3. The van der Waals surface area contributed by atoms with Gasteiger partial charge in [-0.05, 0) is 62.3 Å². The van der Waals surface area contributed by atoms with E-state index in [1.807, 2.05) is 103 Å². The third-order valence-electron chi connectivity index (χ3n) is 9.35. The van der Waals surface area contributed by atoms with Gasteiger partial charge in [-0.2, -0.15) is 0 Å². The monoisotopic (exact) mass is 736 g/mol. The molecule has 1 fully saturated rings. The molecule has 1 aliphatic heterocycles. The zero-order valence-corrected chi connectivity index (χ0v) is 31.2. The number of nitrogens with one attached hydrogen (secondary N) is 2. The predicted molar refractivity (Wildman–Crippen MR) is 208 cm³/mol. The lowest BCUT2D eigenvalue weighted by Gasteiger charge is -2.38. The van der Waals surface area contributed by atoms with E-state index in [4.69, 9.17) is 0 Å². The molecular weight excluding hydrogens is 693 g/mol. The fourth-order valence-corrected chi connectivity index (χ4v) is 8.27. The van der Waals surface area contributed by atoms with Crippen molar-refractivity contribution < 1.29 is 14.7 Å². The van der Waals surface area contributed by atoms with Crippen LogP contribution in [0.1, 0.15) is 34.5 Å². The summed E-state index contributed by atoms with van der Waals surface area (Å²) in [7, 11) is 5.92. The number of piperidine rings is 1. The van der Waals surface area contributed by atoms with Crippen LogP contribution in [0.25, 0.3) is 0 Å². The lowest BCUT2D eigenvalue weighted by Crippen LogP contribution is -2.47. The number of aromatic nitrogens is 3. The van der Waals surface area contributed by atoms with Gasteiger partial charge in [0, 0.05) is 43.8 Å². The molecule has 0 atom stereocenters. The summed E-state index contributed by atoms with van der Waals surface area (Å²) in [6.45, 7) is 2.00. The van der Waals surface area contributed by atoms with Gasteiger partial charge in [0.25, 0.3) is 5.91 Å². The topological polar surface area (TPSA) is 127 Å². The van der Waals surface area contributed by atoms with E-state index in [0.29, 0.717) is 29.2 Å². The van der Waals surface area contributed by atoms with Crippen molar-refractivity contribution in [2.45, 2.75) is 33.4 Å². The molecule has 5 aromatic rings. The summed E-state index contributed by atoms with van der Waals surface area (Å²) < 4.78 is 0.944. The van der Waals surface area contributed by atoms with Gasteiger partial charge in [0.2, 0.25) is 5.91 Å². The van der Waals surface area contributed by atoms with Gasteiger partial charge in [0.05, 0.1) is 40.9 Å². The Bertz CT molecular complexity index is 1880. The molecule has 6 rings (SSSR count). The number of likely N-dealkylation sites (N-methyl/N-ethyl adjacent to an activating group) is 1. The first-order valence-electron chi connectivity index (χ1n) is 17.2. The van der Waals surface area contributed by atoms with Crippen molar-refractivity contribution in [1.29, 1.82) is 0 Å². The van der Waals surface area contributed by atoms with Crippen molar-refractivity contribution in [3.8, 4) is 0 Å². The quantitative estimate of drug-likeness (QED) is 0.134. The van der Waals surface area contributed by atoms with Crippen LogP contribution >= 0.6 is 23.1 Å². The summed E-state index contributed by atoms with van der Waals surface area (Å²) in [5.41, 5.74) is 2.33. The molecule has 0 aliphatic carbocycles. The number of carbonyl (C=O) groups is 2. The minimum absolute atomic E-state index is 0.176. The van der Waals surface area contributed by atoms with Gasteiger partial charge >= 0.3 is 0 Å². The summed E-state index contributed by atoms with van der Waals surface area (Å²) >= 11 is 3.00. The Morgan fingerprint density at radius 3 is 2.23 bits per heavy atom. The van der Waals surface area contributed by atoms with Gasteiger partial charge in [-0.1, -0.05) is 83.8 Å². The molecule has 3 aromatic heterocycles. The van der Waals surface area contributed by atoms with Crippen LogP contribution in [-0.2, 0) is 10.2 Å². The number of rotatable bonds is 14. The van der Waals surface area contributed by atoms with Gasteiger partial charge in [0.15, 0.2) is 5.13 Å². The van der Waals surface area contributed by atoms with E-state index < -0.39 is 5.41 Å². The van der Waals surface area contributed by atoms with Crippen molar-refractivity contribution in [2.24, 2.45) is 0 Å². The van der Waals surface area contributed by atoms with Gasteiger partial charge < -0.3 is 30.4 Å². The molecule has 11 nitrogen and oxygen atoms in total. The summed E-state index contributed by atoms with van der Waals surface area (Å²) in [6, 6.07) is 27.5. The smallest absolute Gasteiger partial charge is 0.269 e. The highest BCUT2D eigenvalue weighted by molar-refractivity contribution is 8.01. The van der Waals surface area contributed by atoms with E-state index in [9.17, 15) is 14.7 Å². The molecule has 0 bridgehead atoms. The first kappa shape index (κ1) is 37.0. The third kappa shape index (κ3) is 8.96. The highest BCUT2D eigenvalue weighted by Crippen LogP contribution is 2.35. The molecular formula is C39H44N8O3S2. The van der Waals surface area contributed by atoms with Gasteiger partial charge in [-0.25, -0.2) is 9.97 Å². The second-order valence-corrected chi connectivity index (χ2v) is 15.5. The van der Waals surface area contributed by atoms with Crippen LogP contribution in [0.5, 0.6) is 0 Å². The maximum Gasteiger partial charge on any atom is 0.269 e. The Kier molecular flexibility index (Phi) is 12.2. The Morgan fingerprint density at radius 1 is 0.923 bits per heavy atom. The molecule has 270 valence electrons. The average molecular weight is 737 g/mol. The van der Waals surface area contributed by atoms with Crippen LogP contribution in [-0.4, -0.2) is 102 Å². The predicted octanol–water partition coefficient (Wildman–Crippen LogP) is 5.53. The summed E-state index contributed by atoms with van der Waals surface area (Å²) in [4.78, 5) is 46.3. The van der Waals surface area contributed by atoms with E-state index in [2.05, 4.69) is 43.6 Å². The van der Waals surface area contributed by atoms with E-state index in [-0.39, 0.29) is 25.0 Å². The van der Waals surface area contributed by atoms with Crippen molar-refractivity contribution >= 4 is 51.5 Å². The zero-order valence-electron chi connectivity index (χ0n) is 29.6. The summed E-state index contributed by atoms with van der Waals surface area (Å²) in [5, 5.41) is 17.7. The molecule has 0 unspecified atom stereocenters. The molecule has 0 radical (unpaired) electrons. The lowest BCUT2D eigenvalue weighted by molar-refractivity contribution is -0.132. The number of likely N-dealkylation sites (tertiary alicyclic amines) is 1.